The number of amides is 2. The number of nitrogens with zero attached hydrogens (tertiary/aromatic N) is 1. The van der Waals surface area contributed by atoms with E-state index in [-0.39, 0.29) is 11.9 Å². The quantitative estimate of drug-likeness (QED) is 0.832. The Morgan fingerprint density at radius 2 is 2.17 bits per heavy atom. The molecule has 1 aliphatic rings. The first-order chi connectivity index (χ1) is 11.3. The number of aryl methyl sites for hydroxylation is 1. The van der Waals surface area contributed by atoms with Crippen molar-refractivity contribution in [2.75, 3.05) is 31.2 Å². The summed E-state index contributed by atoms with van der Waals surface area (Å²) in [4.78, 5) is 12.1. The number of benzene rings is 1. The minimum atomic E-state index is -3.17. The Morgan fingerprint density at radius 3 is 2.83 bits per heavy atom. The number of piperidine rings is 1. The van der Waals surface area contributed by atoms with Crippen LogP contribution in [-0.2, 0) is 16.4 Å². The summed E-state index contributed by atoms with van der Waals surface area (Å²) in [5, 5.41) is 6.30. The van der Waals surface area contributed by atoms with E-state index in [1.165, 1.54) is 10.6 Å². The highest BCUT2D eigenvalue weighted by molar-refractivity contribution is 7.88. The topological polar surface area (TPSA) is 78.5 Å². The van der Waals surface area contributed by atoms with E-state index in [2.05, 4.69) is 10.6 Å². The molecule has 0 aliphatic carbocycles. The zero-order chi connectivity index (χ0) is 17.7. The van der Waals surface area contributed by atoms with Crippen molar-refractivity contribution in [1.29, 1.82) is 0 Å². The molecule has 0 saturated carbocycles. The van der Waals surface area contributed by atoms with Crippen LogP contribution in [0.25, 0.3) is 0 Å². The van der Waals surface area contributed by atoms with Gasteiger partial charge in [0.2, 0.25) is 10.0 Å². The fourth-order valence-corrected chi connectivity index (χ4v) is 4.01. The zero-order valence-corrected chi connectivity index (χ0v) is 15.6. The average Bonchev–Trinajstić information content (AvgIpc) is 2.54. The zero-order valence-electron chi connectivity index (χ0n) is 14.0. The van der Waals surface area contributed by atoms with Gasteiger partial charge in [-0.25, -0.2) is 17.5 Å². The minimum Gasteiger partial charge on any atom is -0.338 e. The first kappa shape index (κ1) is 19.0. The van der Waals surface area contributed by atoms with Gasteiger partial charge < -0.3 is 10.6 Å². The van der Waals surface area contributed by atoms with Gasteiger partial charge in [0, 0.05) is 30.3 Å². The summed E-state index contributed by atoms with van der Waals surface area (Å²) in [7, 11) is -3.17. The Labute approximate surface area is 148 Å². The van der Waals surface area contributed by atoms with Crippen LogP contribution in [-0.4, -0.2) is 44.6 Å². The maximum Gasteiger partial charge on any atom is 0.319 e. The SMILES string of the molecule is CCc1cc(Cl)ccc1NC(=O)NC[C@H]1CCCN(S(C)(=O)=O)C1. The largest absolute Gasteiger partial charge is 0.338 e. The van der Waals surface area contributed by atoms with Crippen LogP contribution in [0.3, 0.4) is 0 Å². The molecule has 0 unspecified atom stereocenters. The van der Waals surface area contributed by atoms with Gasteiger partial charge in [-0.2, -0.15) is 0 Å². The molecule has 0 bridgehead atoms. The molecule has 0 aromatic heterocycles. The Morgan fingerprint density at radius 1 is 1.42 bits per heavy atom. The molecule has 1 fully saturated rings. The van der Waals surface area contributed by atoms with E-state index >= 15 is 0 Å². The van der Waals surface area contributed by atoms with Gasteiger partial charge in [-0.05, 0) is 48.9 Å². The smallest absolute Gasteiger partial charge is 0.319 e. The van der Waals surface area contributed by atoms with Crippen molar-refractivity contribution in [3.63, 3.8) is 0 Å². The predicted molar refractivity (Wildman–Crippen MR) is 97.0 cm³/mol. The van der Waals surface area contributed by atoms with Gasteiger partial charge in [-0.15, -0.1) is 0 Å². The number of nitrogens with one attached hydrogen (secondary N) is 2. The molecule has 24 heavy (non-hydrogen) atoms. The van der Waals surface area contributed by atoms with Gasteiger partial charge >= 0.3 is 6.03 Å². The molecule has 134 valence electrons. The Hall–Kier alpha value is -1.31. The van der Waals surface area contributed by atoms with Gasteiger partial charge in [0.1, 0.15) is 0 Å². The number of hydrogen-bond donors (Lipinski definition) is 2. The van der Waals surface area contributed by atoms with Crippen molar-refractivity contribution < 1.29 is 13.2 Å². The van der Waals surface area contributed by atoms with Gasteiger partial charge in [0.05, 0.1) is 6.26 Å². The van der Waals surface area contributed by atoms with Crippen LogP contribution >= 0.6 is 11.6 Å². The second kappa shape index (κ2) is 8.18. The molecule has 1 heterocycles. The van der Waals surface area contributed by atoms with Crippen LogP contribution in [0, 0.1) is 5.92 Å². The minimum absolute atomic E-state index is 0.134. The average molecular weight is 374 g/mol. The van der Waals surface area contributed by atoms with Gasteiger partial charge in [-0.3, -0.25) is 0 Å². The third-order valence-electron chi connectivity index (χ3n) is 4.20. The van der Waals surface area contributed by atoms with E-state index < -0.39 is 10.0 Å². The van der Waals surface area contributed by atoms with Crippen LogP contribution in [0.15, 0.2) is 18.2 Å². The first-order valence-electron chi connectivity index (χ1n) is 8.08. The summed E-state index contributed by atoms with van der Waals surface area (Å²) in [5.74, 6) is 0.134. The van der Waals surface area contributed by atoms with Crippen molar-refractivity contribution in [1.82, 2.24) is 9.62 Å². The van der Waals surface area contributed by atoms with Gasteiger partial charge in [0.15, 0.2) is 0 Å². The summed E-state index contributed by atoms with van der Waals surface area (Å²) in [6.07, 6.45) is 3.72. The van der Waals surface area contributed by atoms with E-state index in [1.54, 1.807) is 12.1 Å². The third-order valence-corrected chi connectivity index (χ3v) is 5.70. The lowest BCUT2D eigenvalue weighted by molar-refractivity contribution is 0.239. The van der Waals surface area contributed by atoms with Crippen LogP contribution in [0.4, 0.5) is 10.5 Å². The number of halogens is 1. The molecule has 8 heteroatoms. The van der Waals surface area contributed by atoms with Gasteiger partial charge in [-0.1, -0.05) is 18.5 Å². The Balaban J connectivity index is 1.87. The molecule has 2 N–H and O–H groups in total. The molecule has 0 radical (unpaired) electrons. The third kappa shape index (κ3) is 5.36. The predicted octanol–water partition coefficient (Wildman–Crippen LogP) is 2.70. The molecule has 2 amide bonds. The monoisotopic (exact) mass is 373 g/mol. The summed E-state index contributed by atoms with van der Waals surface area (Å²) in [6, 6.07) is 5.07. The molecule has 1 saturated heterocycles. The Kier molecular flexibility index (Phi) is 6.48. The van der Waals surface area contributed by atoms with Crippen molar-refractivity contribution in [3.05, 3.63) is 28.8 Å². The maximum absolute atomic E-state index is 12.1. The lowest BCUT2D eigenvalue weighted by Crippen LogP contribution is -2.43. The van der Waals surface area contributed by atoms with E-state index in [1.807, 2.05) is 13.0 Å². The molecule has 1 atom stereocenters. The van der Waals surface area contributed by atoms with Crippen molar-refractivity contribution in [2.24, 2.45) is 5.92 Å². The van der Waals surface area contributed by atoms with Crippen molar-refractivity contribution >= 4 is 33.3 Å². The second-order valence-electron chi connectivity index (χ2n) is 6.12. The summed E-state index contributed by atoms with van der Waals surface area (Å²) in [5.41, 5.74) is 1.71. The number of rotatable bonds is 5. The highest BCUT2D eigenvalue weighted by atomic mass is 35.5. The molecule has 6 nitrogen and oxygen atoms in total. The fraction of sp³-hybridized carbons (Fsp3) is 0.562. The van der Waals surface area contributed by atoms with E-state index in [0.29, 0.717) is 24.7 Å². The molecule has 1 aliphatic heterocycles. The summed E-state index contributed by atoms with van der Waals surface area (Å²) in [6.45, 7) is 3.47. The lowest BCUT2D eigenvalue weighted by Gasteiger charge is -2.31. The van der Waals surface area contributed by atoms with Crippen LogP contribution in [0.2, 0.25) is 5.02 Å². The molecule has 0 spiro atoms. The summed E-state index contributed by atoms with van der Waals surface area (Å²) >= 11 is 5.96. The van der Waals surface area contributed by atoms with Crippen LogP contribution < -0.4 is 10.6 Å². The van der Waals surface area contributed by atoms with Crippen LogP contribution in [0.5, 0.6) is 0 Å². The number of hydrogen-bond acceptors (Lipinski definition) is 3. The van der Waals surface area contributed by atoms with Crippen molar-refractivity contribution in [2.45, 2.75) is 26.2 Å². The maximum atomic E-state index is 12.1. The lowest BCUT2D eigenvalue weighted by atomic mass is 10.00. The Bertz CT molecular complexity index is 694. The molecule has 1 aromatic rings. The standard InChI is InChI=1S/C16H24ClN3O3S/c1-3-13-9-14(17)6-7-15(13)19-16(21)18-10-12-5-4-8-20(11-12)24(2,22)23/h6-7,9,12H,3-5,8,10-11H2,1-2H3,(H2,18,19,21)/t12-/m1/s1. The highest BCUT2D eigenvalue weighted by Crippen LogP contribution is 2.21. The number of carbonyl (C=O) groups is 1. The van der Waals surface area contributed by atoms with Gasteiger partial charge in [0.25, 0.3) is 0 Å². The molecular formula is C16H24ClN3O3S. The number of carbonyl (C=O) groups excluding carboxylic acids is 1. The normalized spacial score (nSPS) is 19.0. The summed E-state index contributed by atoms with van der Waals surface area (Å²) < 4.78 is 24.7. The fourth-order valence-electron chi connectivity index (χ4n) is 2.87. The molecule has 1 aromatic carbocycles. The highest BCUT2D eigenvalue weighted by Gasteiger charge is 2.26. The molecular weight excluding hydrogens is 350 g/mol. The molecule has 2 rings (SSSR count). The number of urea groups is 1. The van der Waals surface area contributed by atoms with E-state index in [9.17, 15) is 13.2 Å². The van der Waals surface area contributed by atoms with Crippen molar-refractivity contribution in [3.8, 4) is 0 Å². The first-order valence-corrected chi connectivity index (χ1v) is 10.3. The second-order valence-corrected chi connectivity index (χ2v) is 8.54. The van der Waals surface area contributed by atoms with E-state index in [4.69, 9.17) is 11.6 Å². The van der Waals surface area contributed by atoms with Crippen LogP contribution in [0.1, 0.15) is 25.3 Å². The number of anilines is 1. The van der Waals surface area contributed by atoms with E-state index in [0.717, 1.165) is 30.5 Å². The number of sulfonamides is 1.